The van der Waals surface area contributed by atoms with Gasteiger partial charge in [-0.3, -0.25) is 0 Å². The molecule has 2 aliphatic heterocycles. The van der Waals surface area contributed by atoms with Gasteiger partial charge in [0.05, 0.1) is 6.10 Å². The van der Waals surface area contributed by atoms with Gasteiger partial charge in [0.15, 0.2) is 0 Å². The van der Waals surface area contributed by atoms with Crippen LogP contribution in [0.1, 0.15) is 39.0 Å². The number of nitrogens with one attached hydrogen (secondary N) is 1. The lowest BCUT2D eigenvalue weighted by atomic mass is 9.90. The van der Waals surface area contributed by atoms with Crippen molar-refractivity contribution in [2.24, 2.45) is 5.92 Å². The number of hydrogen-bond acceptors (Lipinski definition) is 2. The molecule has 1 N–H and O–H groups in total. The Balaban J connectivity index is 1.79. The van der Waals surface area contributed by atoms with Crippen LogP contribution in [-0.2, 0) is 4.74 Å². The monoisotopic (exact) mass is 183 g/mol. The van der Waals surface area contributed by atoms with Gasteiger partial charge in [-0.1, -0.05) is 6.92 Å². The second-order valence-corrected chi connectivity index (χ2v) is 4.60. The van der Waals surface area contributed by atoms with Crippen molar-refractivity contribution in [3.05, 3.63) is 0 Å². The van der Waals surface area contributed by atoms with Crippen LogP contribution in [0, 0.1) is 5.92 Å². The van der Waals surface area contributed by atoms with Crippen LogP contribution in [0.3, 0.4) is 0 Å². The minimum atomic E-state index is 0.515. The van der Waals surface area contributed by atoms with Crippen molar-refractivity contribution < 1.29 is 4.74 Å². The molecule has 13 heavy (non-hydrogen) atoms. The maximum Gasteiger partial charge on any atom is 0.0728 e. The first-order valence-electron chi connectivity index (χ1n) is 5.71. The van der Waals surface area contributed by atoms with E-state index in [4.69, 9.17) is 4.74 Å². The van der Waals surface area contributed by atoms with Gasteiger partial charge in [-0.15, -0.1) is 0 Å². The number of rotatable bonds is 1. The number of ether oxygens (including phenoxy) is 1. The van der Waals surface area contributed by atoms with Gasteiger partial charge in [-0.25, -0.2) is 0 Å². The first-order valence-corrected chi connectivity index (χ1v) is 5.71. The molecule has 2 rings (SSSR count). The predicted octanol–water partition coefficient (Wildman–Crippen LogP) is 1.94. The molecule has 2 heterocycles. The summed E-state index contributed by atoms with van der Waals surface area (Å²) >= 11 is 0. The third kappa shape index (κ3) is 2.44. The van der Waals surface area contributed by atoms with Crippen molar-refractivity contribution in [3.63, 3.8) is 0 Å². The highest BCUT2D eigenvalue weighted by Crippen LogP contribution is 2.22. The summed E-state index contributed by atoms with van der Waals surface area (Å²) in [6, 6.07) is 0.650. The lowest BCUT2D eigenvalue weighted by Crippen LogP contribution is -2.47. The van der Waals surface area contributed by atoms with Crippen LogP contribution in [-0.4, -0.2) is 25.3 Å². The molecule has 0 saturated carbocycles. The lowest BCUT2D eigenvalue weighted by Gasteiger charge is -2.35. The summed E-state index contributed by atoms with van der Waals surface area (Å²) in [6.45, 7) is 4.49. The molecule has 0 aromatic rings. The zero-order chi connectivity index (χ0) is 9.10. The zero-order valence-corrected chi connectivity index (χ0v) is 8.59. The molecule has 0 amide bonds. The molecule has 3 atom stereocenters. The summed E-state index contributed by atoms with van der Waals surface area (Å²) in [7, 11) is 0. The predicted molar refractivity (Wildman–Crippen MR) is 53.8 cm³/mol. The summed E-state index contributed by atoms with van der Waals surface area (Å²) in [6.07, 6.45) is 7.09. The molecule has 0 spiro atoms. The number of piperidine rings is 1. The van der Waals surface area contributed by atoms with Crippen LogP contribution in [0.4, 0.5) is 0 Å². The van der Waals surface area contributed by atoms with Crippen molar-refractivity contribution in [2.75, 3.05) is 13.2 Å². The SMILES string of the molecule is CC1CCC(C2CCCCO2)NC1. The van der Waals surface area contributed by atoms with Crippen molar-refractivity contribution in [1.29, 1.82) is 0 Å². The van der Waals surface area contributed by atoms with Gasteiger partial charge in [-0.05, 0) is 44.6 Å². The topological polar surface area (TPSA) is 21.3 Å². The summed E-state index contributed by atoms with van der Waals surface area (Å²) in [5.41, 5.74) is 0. The first-order chi connectivity index (χ1) is 6.36. The van der Waals surface area contributed by atoms with Gasteiger partial charge >= 0.3 is 0 Å². The highest BCUT2D eigenvalue weighted by atomic mass is 16.5. The van der Waals surface area contributed by atoms with Crippen LogP contribution >= 0.6 is 0 Å². The van der Waals surface area contributed by atoms with Crippen molar-refractivity contribution >= 4 is 0 Å². The largest absolute Gasteiger partial charge is 0.377 e. The van der Waals surface area contributed by atoms with Crippen molar-refractivity contribution in [2.45, 2.75) is 51.2 Å². The zero-order valence-electron chi connectivity index (χ0n) is 8.59. The van der Waals surface area contributed by atoms with Crippen LogP contribution in [0.25, 0.3) is 0 Å². The standard InChI is InChI=1S/C11H21NO/c1-9-5-6-10(12-8-9)11-4-2-3-7-13-11/h9-12H,2-8H2,1H3. The molecule has 2 saturated heterocycles. The smallest absolute Gasteiger partial charge is 0.0728 e. The normalized spacial score (nSPS) is 41.8. The van der Waals surface area contributed by atoms with E-state index in [9.17, 15) is 0 Å². The quantitative estimate of drug-likeness (QED) is 0.671. The maximum atomic E-state index is 5.79. The molecular formula is C11H21NO. The second-order valence-electron chi connectivity index (χ2n) is 4.60. The minimum absolute atomic E-state index is 0.515. The molecule has 76 valence electrons. The van der Waals surface area contributed by atoms with Gasteiger partial charge in [0.1, 0.15) is 0 Å². The Hall–Kier alpha value is -0.0800. The molecule has 0 aliphatic carbocycles. The lowest BCUT2D eigenvalue weighted by molar-refractivity contribution is -0.0155. The molecule has 2 heteroatoms. The van der Waals surface area contributed by atoms with Gasteiger partial charge < -0.3 is 10.1 Å². The average molecular weight is 183 g/mol. The fourth-order valence-corrected chi connectivity index (χ4v) is 2.42. The van der Waals surface area contributed by atoms with Crippen molar-refractivity contribution in [3.8, 4) is 0 Å². The van der Waals surface area contributed by atoms with E-state index >= 15 is 0 Å². The fourth-order valence-electron chi connectivity index (χ4n) is 2.42. The third-order valence-corrected chi connectivity index (χ3v) is 3.36. The molecule has 0 bridgehead atoms. The van der Waals surface area contributed by atoms with Gasteiger partial charge in [0.2, 0.25) is 0 Å². The van der Waals surface area contributed by atoms with Crippen molar-refractivity contribution in [1.82, 2.24) is 5.32 Å². The van der Waals surface area contributed by atoms with Gasteiger partial charge in [0, 0.05) is 12.6 Å². The average Bonchev–Trinajstić information content (AvgIpc) is 2.20. The molecular weight excluding hydrogens is 162 g/mol. The van der Waals surface area contributed by atoms with E-state index < -0.39 is 0 Å². The molecule has 2 fully saturated rings. The summed E-state index contributed by atoms with van der Waals surface area (Å²) in [5, 5.41) is 3.61. The molecule has 0 aromatic heterocycles. The fraction of sp³-hybridized carbons (Fsp3) is 1.00. The Labute approximate surface area is 81.0 Å². The van der Waals surface area contributed by atoms with Gasteiger partial charge in [-0.2, -0.15) is 0 Å². The van der Waals surface area contributed by atoms with Crippen LogP contribution in [0.5, 0.6) is 0 Å². The Morgan fingerprint density at radius 3 is 2.69 bits per heavy atom. The molecule has 2 nitrogen and oxygen atoms in total. The number of hydrogen-bond donors (Lipinski definition) is 1. The minimum Gasteiger partial charge on any atom is -0.377 e. The Morgan fingerprint density at radius 2 is 2.08 bits per heavy atom. The van der Waals surface area contributed by atoms with Crippen LogP contribution in [0.2, 0.25) is 0 Å². The summed E-state index contributed by atoms with van der Waals surface area (Å²) in [5.74, 6) is 0.861. The highest BCUT2D eigenvalue weighted by molar-refractivity contribution is 4.84. The molecule has 0 radical (unpaired) electrons. The molecule has 2 aliphatic rings. The van der Waals surface area contributed by atoms with E-state index in [1.54, 1.807) is 0 Å². The Morgan fingerprint density at radius 1 is 1.15 bits per heavy atom. The Bertz CT molecular complexity index is 146. The Kier molecular flexibility index (Phi) is 3.23. The van der Waals surface area contributed by atoms with Gasteiger partial charge in [0.25, 0.3) is 0 Å². The van der Waals surface area contributed by atoms with E-state index in [1.807, 2.05) is 0 Å². The van der Waals surface area contributed by atoms with Crippen LogP contribution in [0.15, 0.2) is 0 Å². The maximum absolute atomic E-state index is 5.79. The van der Waals surface area contributed by atoms with E-state index in [0.717, 1.165) is 12.5 Å². The molecule has 3 unspecified atom stereocenters. The summed E-state index contributed by atoms with van der Waals surface area (Å²) < 4.78 is 5.79. The van der Waals surface area contributed by atoms with E-state index in [0.29, 0.717) is 12.1 Å². The molecule has 0 aromatic carbocycles. The summed E-state index contributed by atoms with van der Waals surface area (Å²) in [4.78, 5) is 0. The van der Waals surface area contributed by atoms with E-state index in [2.05, 4.69) is 12.2 Å². The van der Waals surface area contributed by atoms with Crippen LogP contribution < -0.4 is 5.32 Å². The second kappa shape index (κ2) is 4.43. The first kappa shape index (κ1) is 9.47. The van der Waals surface area contributed by atoms with E-state index in [-0.39, 0.29) is 0 Å². The highest BCUT2D eigenvalue weighted by Gasteiger charge is 2.27. The van der Waals surface area contributed by atoms with E-state index in [1.165, 1.54) is 38.6 Å². The third-order valence-electron chi connectivity index (χ3n) is 3.36.